The van der Waals surface area contributed by atoms with Crippen LogP contribution >= 0.6 is 0 Å². The third-order valence-electron chi connectivity index (χ3n) is 3.80. The molecule has 1 spiro atoms. The minimum absolute atomic E-state index is 0.133. The minimum Gasteiger partial charge on any atom is -0.358 e. The van der Waals surface area contributed by atoms with Gasteiger partial charge in [0.15, 0.2) is 5.78 Å². The van der Waals surface area contributed by atoms with Gasteiger partial charge in [-0.3, -0.25) is 4.79 Å². The van der Waals surface area contributed by atoms with Crippen molar-refractivity contribution in [1.29, 1.82) is 0 Å². The van der Waals surface area contributed by atoms with Gasteiger partial charge in [0.05, 0.1) is 0 Å². The summed E-state index contributed by atoms with van der Waals surface area (Å²) in [5.74, 6) is 0.361. The number of ketones is 1. The van der Waals surface area contributed by atoms with Crippen LogP contribution in [0.2, 0.25) is 0 Å². The van der Waals surface area contributed by atoms with E-state index in [4.69, 9.17) is 0 Å². The van der Waals surface area contributed by atoms with Crippen LogP contribution in [0, 0.1) is 6.92 Å². The van der Waals surface area contributed by atoms with Crippen LogP contribution in [0.4, 0.5) is 5.69 Å². The van der Waals surface area contributed by atoms with Crippen LogP contribution in [-0.2, 0) is 0 Å². The number of rotatable bonds is 2. The first-order valence-electron chi connectivity index (χ1n) is 6.12. The zero-order chi connectivity index (χ0) is 11.3. The summed E-state index contributed by atoms with van der Waals surface area (Å²) in [4.78, 5) is 14.7. The number of aryl methyl sites for hydroxylation is 1. The van der Waals surface area contributed by atoms with Gasteiger partial charge in [0.2, 0.25) is 0 Å². The van der Waals surface area contributed by atoms with Gasteiger partial charge in [-0.2, -0.15) is 0 Å². The summed E-state index contributed by atoms with van der Waals surface area (Å²) < 4.78 is 0. The van der Waals surface area contributed by atoms with E-state index in [1.165, 1.54) is 5.56 Å². The van der Waals surface area contributed by atoms with Crippen LogP contribution in [0.3, 0.4) is 0 Å². The quantitative estimate of drug-likeness (QED) is 0.756. The molecule has 2 nitrogen and oxygen atoms in total. The number of anilines is 1. The molecule has 0 N–H and O–H groups in total. The maximum absolute atomic E-state index is 12.4. The van der Waals surface area contributed by atoms with Gasteiger partial charge in [0.25, 0.3) is 0 Å². The van der Waals surface area contributed by atoms with E-state index in [0.29, 0.717) is 5.78 Å². The lowest BCUT2D eigenvalue weighted by atomic mass is 10.1. The van der Waals surface area contributed by atoms with E-state index < -0.39 is 0 Å². The third-order valence-corrected chi connectivity index (χ3v) is 3.80. The highest BCUT2D eigenvalue weighted by Gasteiger charge is 2.59. The summed E-state index contributed by atoms with van der Waals surface area (Å²) in [7, 11) is 0. The molecule has 0 radical (unpaired) electrons. The van der Waals surface area contributed by atoms with Crippen LogP contribution in [0.5, 0.6) is 0 Å². The fraction of sp³-hybridized carbons (Fsp3) is 0.500. The topological polar surface area (TPSA) is 20.3 Å². The Bertz CT molecular complexity index is 460. The van der Waals surface area contributed by atoms with Crippen molar-refractivity contribution in [2.75, 3.05) is 11.4 Å². The molecule has 1 aromatic carbocycles. The van der Waals surface area contributed by atoms with Crippen molar-refractivity contribution in [3.63, 3.8) is 0 Å². The smallest absolute Gasteiger partial charge is 0.190 e. The van der Waals surface area contributed by atoms with Crippen LogP contribution in [0.25, 0.3) is 0 Å². The van der Waals surface area contributed by atoms with E-state index in [-0.39, 0.29) is 5.54 Å². The molecule has 1 aliphatic heterocycles. The highest BCUT2D eigenvalue weighted by molar-refractivity contribution is 6.16. The van der Waals surface area contributed by atoms with Crippen molar-refractivity contribution < 1.29 is 4.79 Å². The first-order valence-corrected chi connectivity index (χ1v) is 6.12. The second-order valence-electron chi connectivity index (χ2n) is 5.03. The molecule has 0 amide bonds. The summed E-state index contributed by atoms with van der Waals surface area (Å²) in [6, 6.07) is 6.27. The van der Waals surface area contributed by atoms with Gasteiger partial charge in [0.1, 0.15) is 5.54 Å². The molecule has 2 heteroatoms. The Kier molecular flexibility index (Phi) is 1.91. The van der Waals surface area contributed by atoms with Crippen molar-refractivity contribution in [2.24, 2.45) is 0 Å². The molecule has 2 aliphatic rings. The van der Waals surface area contributed by atoms with E-state index in [9.17, 15) is 4.79 Å². The molecule has 3 rings (SSSR count). The summed E-state index contributed by atoms with van der Waals surface area (Å²) in [5.41, 5.74) is 3.16. The highest BCUT2D eigenvalue weighted by Crippen LogP contribution is 2.53. The van der Waals surface area contributed by atoms with Crippen LogP contribution in [0.1, 0.15) is 42.1 Å². The van der Waals surface area contributed by atoms with Gasteiger partial charge in [-0.15, -0.1) is 0 Å². The Balaban J connectivity index is 2.11. The summed E-state index contributed by atoms with van der Waals surface area (Å²) in [6.07, 6.45) is 3.18. The number of nitrogens with zero attached hydrogens (tertiary/aromatic N) is 1. The molecule has 0 atom stereocenters. The predicted molar refractivity (Wildman–Crippen MR) is 65.1 cm³/mol. The summed E-state index contributed by atoms with van der Waals surface area (Å²) >= 11 is 0. The lowest BCUT2D eigenvalue weighted by Crippen LogP contribution is -2.38. The highest BCUT2D eigenvalue weighted by atomic mass is 16.1. The molecule has 1 fully saturated rings. The number of hydrogen-bond donors (Lipinski definition) is 0. The van der Waals surface area contributed by atoms with E-state index in [0.717, 1.165) is 37.1 Å². The Morgan fingerprint density at radius 3 is 2.75 bits per heavy atom. The van der Waals surface area contributed by atoms with E-state index in [1.54, 1.807) is 0 Å². The van der Waals surface area contributed by atoms with Crippen molar-refractivity contribution in [1.82, 2.24) is 0 Å². The SMILES string of the molecule is CCCN1c2ccc(C)cc2C(=O)C12CC2. The molecule has 1 saturated carbocycles. The standard InChI is InChI=1S/C14H17NO/c1-3-8-15-12-5-4-10(2)9-11(12)13(16)14(15)6-7-14/h4-5,9H,3,6-8H2,1-2H3. The van der Waals surface area contributed by atoms with Gasteiger partial charge < -0.3 is 4.90 Å². The molecule has 1 aliphatic carbocycles. The molecular formula is C14H17NO. The first-order chi connectivity index (χ1) is 7.69. The largest absolute Gasteiger partial charge is 0.358 e. The van der Waals surface area contributed by atoms with Crippen molar-refractivity contribution in [2.45, 2.75) is 38.6 Å². The molecule has 0 aromatic heterocycles. The van der Waals surface area contributed by atoms with Crippen molar-refractivity contribution in [3.05, 3.63) is 29.3 Å². The van der Waals surface area contributed by atoms with Gasteiger partial charge in [0, 0.05) is 17.8 Å². The minimum atomic E-state index is -0.133. The maximum Gasteiger partial charge on any atom is 0.190 e. The Labute approximate surface area is 96.3 Å². The van der Waals surface area contributed by atoms with E-state index in [1.807, 2.05) is 6.07 Å². The number of hydrogen-bond acceptors (Lipinski definition) is 2. The zero-order valence-corrected chi connectivity index (χ0v) is 9.92. The van der Waals surface area contributed by atoms with Gasteiger partial charge >= 0.3 is 0 Å². The zero-order valence-electron chi connectivity index (χ0n) is 9.92. The molecule has 0 bridgehead atoms. The molecule has 16 heavy (non-hydrogen) atoms. The normalized spacial score (nSPS) is 20.4. The third kappa shape index (κ3) is 1.10. The van der Waals surface area contributed by atoms with Gasteiger partial charge in [-0.25, -0.2) is 0 Å². The summed E-state index contributed by atoms with van der Waals surface area (Å²) in [5, 5.41) is 0. The van der Waals surface area contributed by atoms with Crippen molar-refractivity contribution in [3.8, 4) is 0 Å². The fourth-order valence-corrected chi connectivity index (χ4v) is 2.84. The van der Waals surface area contributed by atoms with Gasteiger partial charge in [-0.05, 0) is 38.3 Å². The number of Topliss-reactive ketones (excluding diaryl/α,β-unsaturated/α-hetero) is 1. The lowest BCUT2D eigenvalue weighted by Gasteiger charge is -2.25. The number of benzene rings is 1. The Hall–Kier alpha value is -1.31. The molecule has 84 valence electrons. The van der Waals surface area contributed by atoms with E-state index >= 15 is 0 Å². The van der Waals surface area contributed by atoms with Crippen molar-refractivity contribution >= 4 is 11.5 Å². The second-order valence-corrected chi connectivity index (χ2v) is 5.03. The van der Waals surface area contributed by atoms with E-state index in [2.05, 4.69) is 30.9 Å². The maximum atomic E-state index is 12.4. The Morgan fingerprint density at radius 2 is 2.12 bits per heavy atom. The average molecular weight is 215 g/mol. The summed E-state index contributed by atoms with van der Waals surface area (Å²) in [6.45, 7) is 5.23. The molecule has 1 heterocycles. The molecule has 0 unspecified atom stereocenters. The molecule has 0 saturated heterocycles. The number of carbonyl (C=O) groups is 1. The number of fused-ring (bicyclic) bond motifs is 1. The first kappa shape index (κ1) is 9.88. The van der Waals surface area contributed by atoms with Crippen LogP contribution < -0.4 is 4.90 Å². The van der Waals surface area contributed by atoms with Gasteiger partial charge in [-0.1, -0.05) is 18.6 Å². The monoisotopic (exact) mass is 215 g/mol. The Morgan fingerprint density at radius 1 is 1.38 bits per heavy atom. The fourth-order valence-electron chi connectivity index (χ4n) is 2.84. The van der Waals surface area contributed by atoms with Crippen LogP contribution in [0.15, 0.2) is 18.2 Å². The molecular weight excluding hydrogens is 198 g/mol. The lowest BCUT2D eigenvalue weighted by molar-refractivity contribution is 0.0959. The van der Waals surface area contributed by atoms with Crippen LogP contribution in [-0.4, -0.2) is 17.9 Å². The second kappa shape index (κ2) is 3.09. The molecule has 1 aromatic rings. The average Bonchev–Trinajstić information content (AvgIpc) is 3.03. The number of carbonyl (C=O) groups excluding carboxylic acids is 1. The predicted octanol–water partition coefficient (Wildman–Crippen LogP) is 2.94.